The molecule has 0 fully saturated rings. The SMILES string of the molecule is Cn1c(C(=O)O)cc2cc(C(F)(F)F)cnc21. The van der Waals surface area contributed by atoms with Crippen LogP contribution in [0.3, 0.4) is 0 Å². The lowest BCUT2D eigenvalue weighted by molar-refractivity contribution is -0.137. The Hall–Kier alpha value is -2.05. The number of alkyl halides is 3. The van der Waals surface area contributed by atoms with Gasteiger partial charge in [-0.15, -0.1) is 0 Å². The van der Waals surface area contributed by atoms with Gasteiger partial charge in [0.15, 0.2) is 0 Å². The quantitative estimate of drug-likeness (QED) is 0.837. The Bertz CT molecular complexity index is 601. The van der Waals surface area contributed by atoms with E-state index in [0.717, 1.165) is 6.07 Å². The lowest BCUT2D eigenvalue weighted by Gasteiger charge is -2.05. The largest absolute Gasteiger partial charge is 0.477 e. The highest BCUT2D eigenvalue weighted by molar-refractivity contribution is 5.93. The first-order valence-corrected chi connectivity index (χ1v) is 4.56. The molecule has 2 aromatic rings. The van der Waals surface area contributed by atoms with Crippen molar-refractivity contribution in [3.63, 3.8) is 0 Å². The fourth-order valence-corrected chi connectivity index (χ4v) is 1.58. The molecule has 4 nitrogen and oxygen atoms in total. The second-order valence-electron chi connectivity index (χ2n) is 3.53. The van der Waals surface area contributed by atoms with Gasteiger partial charge in [-0.1, -0.05) is 0 Å². The summed E-state index contributed by atoms with van der Waals surface area (Å²) in [5.41, 5.74) is -0.797. The van der Waals surface area contributed by atoms with Gasteiger partial charge in [0.2, 0.25) is 0 Å². The number of carbonyl (C=O) groups is 1. The molecule has 1 N–H and O–H groups in total. The van der Waals surface area contributed by atoms with E-state index < -0.39 is 17.7 Å². The Kier molecular flexibility index (Phi) is 2.34. The zero-order chi connectivity index (χ0) is 12.8. The average Bonchev–Trinajstić information content (AvgIpc) is 2.54. The van der Waals surface area contributed by atoms with E-state index >= 15 is 0 Å². The van der Waals surface area contributed by atoms with Crippen LogP contribution in [0.2, 0.25) is 0 Å². The van der Waals surface area contributed by atoms with Crippen molar-refractivity contribution in [1.82, 2.24) is 9.55 Å². The maximum absolute atomic E-state index is 12.4. The molecule has 0 bridgehead atoms. The Morgan fingerprint density at radius 2 is 2.06 bits per heavy atom. The van der Waals surface area contributed by atoms with Gasteiger partial charge in [-0.05, 0) is 12.1 Å². The van der Waals surface area contributed by atoms with Crippen molar-refractivity contribution in [3.8, 4) is 0 Å². The molecule has 0 amide bonds. The Balaban J connectivity index is 2.68. The van der Waals surface area contributed by atoms with Crippen LogP contribution in [0.5, 0.6) is 0 Å². The highest BCUT2D eigenvalue weighted by atomic mass is 19.4. The summed E-state index contributed by atoms with van der Waals surface area (Å²) in [6.07, 6.45) is -3.80. The molecule has 90 valence electrons. The molecule has 0 spiro atoms. The van der Waals surface area contributed by atoms with E-state index in [9.17, 15) is 18.0 Å². The summed E-state index contributed by atoms with van der Waals surface area (Å²) in [7, 11) is 1.44. The first kappa shape index (κ1) is 11.4. The lowest BCUT2D eigenvalue weighted by Crippen LogP contribution is -2.06. The summed E-state index contributed by atoms with van der Waals surface area (Å²) in [6.45, 7) is 0. The fraction of sp³-hybridized carbons (Fsp3) is 0.200. The van der Waals surface area contributed by atoms with Crippen LogP contribution < -0.4 is 0 Å². The van der Waals surface area contributed by atoms with Crippen molar-refractivity contribution in [1.29, 1.82) is 0 Å². The number of rotatable bonds is 1. The minimum Gasteiger partial charge on any atom is -0.477 e. The minimum atomic E-state index is -4.49. The molecule has 0 saturated heterocycles. The summed E-state index contributed by atoms with van der Waals surface area (Å²) in [5, 5.41) is 8.98. The Morgan fingerprint density at radius 1 is 1.41 bits per heavy atom. The van der Waals surface area contributed by atoms with E-state index in [1.807, 2.05) is 0 Å². The molecule has 0 radical (unpaired) electrons. The molecule has 2 aromatic heterocycles. The van der Waals surface area contributed by atoms with Gasteiger partial charge >= 0.3 is 12.1 Å². The van der Waals surface area contributed by atoms with Crippen LogP contribution in [0, 0.1) is 0 Å². The highest BCUT2D eigenvalue weighted by Crippen LogP contribution is 2.31. The number of halogens is 3. The number of aromatic carboxylic acids is 1. The van der Waals surface area contributed by atoms with E-state index in [1.165, 1.54) is 17.7 Å². The number of pyridine rings is 1. The molecular formula is C10H7F3N2O2. The van der Waals surface area contributed by atoms with Gasteiger partial charge in [0.05, 0.1) is 5.56 Å². The molecule has 0 saturated carbocycles. The number of carboxylic acid groups (broad SMARTS) is 1. The molecule has 17 heavy (non-hydrogen) atoms. The molecule has 0 aliphatic rings. The normalized spacial score (nSPS) is 12.0. The third-order valence-corrected chi connectivity index (χ3v) is 2.41. The van der Waals surface area contributed by atoms with Gasteiger partial charge < -0.3 is 9.67 Å². The van der Waals surface area contributed by atoms with Crippen molar-refractivity contribution >= 4 is 17.0 Å². The van der Waals surface area contributed by atoms with Crippen molar-refractivity contribution in [2.45, 2.75) is 6.18 Å². The van der Waals surface area contributed by atoms with Gasteiger partial charge in [0.1, 0.15) is 11.3 Å². The van der Waals surface area contributed by atoms with Crippen molar-refractivity contribution in [2.24, 2.45) is 7.05 Å². The number of hydrogen-bond acceptors (Lipinski definition) is 2. The predicted octanol–water partition coefficient (Wildman–Crippen LogP) is 2.29. The zero-order valence-electron chi connectivity index (χ0n) is 8.62. The highest BCUT2D eigenvalue weighted by Gasteiger charge is 2.31. The van der Waals surface area contributed by atoms with Crippen molar-refractivity contribution < 1.29 is 23.1 Å². The number of fused-ring (bicyclic) bond motifs is 1. The standard InChI is InChI=1S/C10H7F3N2O2/c1-15-7(9(16)17)3-5-2-6(10(11,12)13)4-14-8(5)15/h2-4H,1H3,(H,16,17). The first-order valence-electron chi connectivity index (χ1n) is 4.56. The van der Waals surface area contributed by atoms with E-state index in [0.29, 0.717) is 6.20 Å². The van der Waals surface area contributed by atoms with Crippen LogP contribution >= 0.6 is 0 Å². The number of aromatic nitrogens is 2. The van der Waals surface area contributed by atoms with E-state index in [4.69, 9.17) is 5.11 Å². The second-order valence-corrected chi connectivity index (χ2v) is 3.53. The van der Waals surface area contributed by atoms with Crippen LogP contribution in [-0.4, -0.2) is 20.6 Å². The third kappa shape index (κ3) is 1.83. The smallest absolute Gasteiger partial charge is 0.417 e. The zero-order valence-corrected chi connectivity index (χ0v) is 8.62. The molecule has 0 atom stereocenters. The maximum atomic E-state index is 12.4. The second kappa shape index (κ2) is 3.47. The predicted molar refractivity (Wildman–Crippen MR) is 52.7 cm³/mol. The molecule has 2 heterocycles. The van der Waals surface area contributed by atoms with Crippen LogP contribution in [-0.2, 0) is 13.2 Å². The van der Waals surface area contributed by atoms with Crippen LogP contribution in [0.15, 0.2) is 18.3 Å². The van der Waals surface area contributed by atoms with Gasteiger partial charge in [-0.2, -0.15) is 13.2 Å². The first-order chi connectivity index (χ1) is 7.80. The summed E-state index contributed by atoms with van der Waals surface area (Å²) in [6, 6.07) is 2.05. The minimum absolute atomic E-state index is 0.105. The lowest BCUT2D eigenvalue weighted by atomic mass is 10.2. The van der Waals surface area contributed by atoms with E-state index in [2.05, 4.69) is 4.98 Å². The van der Waals surface area contributed by atoms with Gasteiger partial charge in [-0.25, -0.2) is 9.78 Å². The fourth-order valence-electron chi connectivity index (χ4n) is 1.58. The third-order valence-electron chi connectivity index (χ3n) is 2.41. The Labute approximate surface area is 93.3 Å². The monoisotopic (exact) mass is 244 g/mol. The Morgan fingerprint density at radius 3 is 2.59 bits per heavy atom. The molecule has 0 aliphatic carbocycles. The summed E-state index contributed by atoms with van der Waals surface area (Å²) >= 11 is 0. The number of nitrogens with zero attached hydrogens (tertiary/aromatic N) is 2. The van der Waals surface area contributed by atoms with Crippen LogP contribution in [0.4, 0.5) is 13.2 Å². The van der Waals surface area contributed by atoms with Gasteiger partial charge in [0, 0.05) is 18.6 Å². The summed E-state index contributed by atoms with van der Waals surface area (Å²) in [4.78, 5) is 14.4. The number of hydrogen-bond donors (Lipinski definition) is 1. The van der Waals surface area contributed by atoms with Crippen molar-refractivity contribution in [3.05, 3.63) is 29.6 Å². The van der Waals surface area contributed by atoms with Gasteiger partial charge in [-0.3, -0.25) is 0 Å². The average molecular weight is 244 g/mol. The van der Waals surface area contributed by atoms with Crippen molar-refractivity contribution in [2.75, 3.05) is 0 Å². The molecule has 0 aromatic carbocycles. The molecule has 0 aliphatic heterocycles. The van der Waals surface area contributed by atoms with Gasteiger partial charge in [0.25, 0.3) is 0 Å². The molecular weight excluding hydrogens is 237 g/mol. The maximum Gasteiger partial charge on any atom is 0.417 e. The summed E-state index contributed by atoms with van der Waals surface area (Å²) < 4.78 is 38.5. The molecule has 2 rings (SSSR count). The molecule has 7 heteroatoms. The number of aryl methyl sites for hydroxylation is 1. The number of carboxylic acids is 1. The van der Waals surface area contributed by atoms with E-state index in [-0.39, 0.29) is 16.7 Å². The topological polar surface area (TPSA) is 55.1 Å². The van der Waals surface area contributed by atoms with Crippen LogP contribution in [0.1, 0.15) is 16.1 Å². The van der Waals surface area contributed by atoms with Crippen LogP contribution in [0.25, 0.3) is 11.0 Å². The molecule has 0 unspecified atom stereocenters. The van der Waals surface area contributed by atoms with E-state index in [1.54, 1.807) is 0 Å². The summed E-state index contributed by atoms with van der Waals surface area (Å²) in [5.74, 6) is -1.21.